The van der Waals surface area contributed by atoms with Crippen molar-refractivity contribution in [3.8, 4) is 0 Å². The lowest BCUT2D eigenvalue weighted by Crippen LogP contribution is -2.41. The highest BCUT2D eigenvalue weighted by atomic mass is 19.4. The van der Waals surface area contributed by atoms with Gasteiger partial charge in [-0.05, 0) is 18.9 Å². The molecule has 6 heteroatoms. The van der Waals surface area contributed by atoms with Gasteiger partial charge in [0.2, 0.25) is 5.91 Å². The molecule has 1 amide bonds. The molecular weight excluding hydrogens is 269 g/mol. The molecule has 0 aromatic heterocycles. The molecule has 0 saturated carbocycles. The molecule has 0 aliphatic carbocycles. The topological polar surface area (TPSA) is 46.3 Å². The lowest BCUT2D eigenvalue weighted by atomic mass is 10.1. The largest absolute Gasteiger partial charge is 0.406 e. The van der Waals surface area contributed by atoms with E-state index >= 15 is 0 Å². The average molecular weight is 288 g/mol. The van der Waals surface area contributed by atoms with Gasteiger partial charge < -0.3 is 10.6 Å². The Hall–Kier alpha value is -1.56. The zero-order valence-electron chi connectivity index (χ0n) is 11.4. The van der Waals surface area contributed by atoms with Crippen molar-refractivity contribution in [3.63, 3.8) is 0 Å². The molecule has 0 spiro atoms. The van der Waals surface area contributed by atoms with Crippen molar-refractivity contribution in [1.29, 1.82) is 0 Å². The van der Waals surface area contributed by atoms with Crippen molar-refractivity contribution in [2.75, 3.05) is 19.6 Å². The minimum Gasteiger partial charge on any atom is -0.332 e. The van der Waals surface area contributed by atoms with Gasteiger partial charge in [-0.15, -0.1) is 0 Å². The van der Waals surface area contributed by atoms with Gasteiger partial charge >= 0.3 is 6.18 Å². The van der Waals surface area contributed by atoms with Crippen molar-refractivity contribution in [2.45, 2.75) is 25.9 Å². The van der Waals surface area contributed by atoms with E-state index in [2.05, 4.69) is 0 Å². The second kappa shape index (κ2) is 7.28. The summed E-state index contributed by atoms with van der Waals surface area (Å²) < 4.78 is 37.1. The van der Waals surface area contributed by atoms with E-state index in [-0.39, 0.29) is 19.5 Å². The van der Waals surface area contributed by atoms with Crippen LogP contribution in [0.15, 0.2) is 24.3 Å². The number of hydrogen-bond acceptors (Lipinski definition) is 2. The third-order valence-corrected chi connectivity index (χ3v) is 2.87. The summed E-state index contributed by atoms with van der Waals surface area (Å²) in [5, 5.41) is 0. The first-order chi connectivity index (χ1) is 9.31. The van der Waals surface area contributed by atoms with Crippen LogP contribution in [0, 0.1) is 6.92 Å². The molecule has 20 heavy (non-hydrogen) atoms. The standard InChI is InChI=1S/C14H19F3N2O/c1-11-2-4-12(5-3-11)6-7-13(20)19(9-8-18)10-14(15,16)17/h2-5H,6-10,18H2,1H3. The van der Waals surface area contributed by atoms with Crippen LogP contribution in [0.1, 0.15) is 17.5 Å². The van der Waals surface area contributed by atoms with Crippen LogP contribution in [0.4, 0.5) is 13.2 Å². The summed E-state index contributed by atoms with van der Waals surface area (Å²) in [6.07, 6.45) is -3.91. The van der Waals surface area contributed by atoms with Crippen molar-refractivity contribution >= 4 is 5.91 Å². The van der Waals surface area contributed by atoms with Gasteiger partial charge in [0.05, 0.1) is 0 Å². The van der Waals surface area contributed by atoms with E-state index in [0.29, 0.717) is 6.42 Å². The van der Waals surface area contributed by atoms with Gasteiger partial charge in [-0.25, -0.2) is 0 Å². The van der Waals surface area contributed by atoms with E-state index in [1.165, 1.54) is 0 Å². The Morgan fingerprint density at radius 3 is 2.35 bits per heavy atom. The fourth-order valence-corrected chi connectivity index (χ4v) is 1.83. The normalized spacial score (nSPS) is 11.4. The van der Waals surface area contributed by atoms with Crippen LogP contribution in [0.2, 0.25) is 0 Å². The Morgan fingerprint density at radius 1 is 1.25 bits per heavy atom. The smallest absolute Gasteiger partial charge is 0.332 e. The molecule has 0 aliphatic heterocycles. The third-order valence-electron chi connectivity index (χ3n) is 2.87. The SMILES string of the molecule is Cc1ccc(CCC(=O)N(CCN)CC(F)(F)F)cc1. The Labute approximate surface area is 116 Å². The summed E-state index contributed by atoms with van der Waals surface area (Å²) in [4.78, 5) is 12.6. The predicted octanol–water partition coefficient (Wildman–Crippen LogP) is 2.28. The van der Waals surface area contributed by atoms with E-state index in [4.69, 9.17) is 5.73 Å². The maximum absolute atomic E-state index is 12.4. The molecule has 0 aliphatic rings. The van der Waals surface area contributed by atoms with Crippen molar-refractivity contribution < 1.29 is 18.0 Å². The molecule has 0 radical (unpaired) electrons. The minimum absolute atomic E-state index is 0.0202. The first-order valence-corrected chi connectivity index (χ1v) is 6.42. The number of halogens is 3. The molecule has 1 aromatic rings. The molecule has 0 fully saturated rings. The number of nitrogens with two attached hydrogens (primary N) is 1. The molecule has 1 rings (SSSR count). The van der Waals surface area contributed by atoms with Crippen molar-refractivity contribution in [3.05, 3.63) is 35.4 Å². The van der Waals surface area contributed by atoms with Gasteiger partial charge in [0.25, 0.3) is 0 Å². The summed E-state index contributed by atoms with van der Waals surface area (Å²) in [5.41, 5.74) is 7.28. The number of nitrogens with zero attached hydrogens (tertiary/aromatic N) is 1. The highest BCUT2D eigenvalue weighted by molar-refractivity contribution is 5.76. The molecule has 1 aromatic carbocycles. The summed E-state index contributed by atoms with van der Waals surface area (Å²) in [7, 11) is 0. The monoisotopic (exact) mass is 288 g/mol. The molecular formula is C14H19F3N2O. The highest BCUT2D eigenvalue weighted by Gasteiger charge is 2.32. The minimum atomic E-state index is -4.39. The van der Waals surface area contributed by atoms with E-state index < -0.39 is 18.6 Å². The third kappa shape index (κ3) is 6.06. The lowest BCUT2D eigenvalue weighted by molar-refractivity contribution is -0.160. The average Bonchev–Trinajstić information content (AvgIpc) is 2.35. The molecule has 0 saturated heterocycles. The van der Waals surface area contributed by atoms with Crippen LogP contribution in [0.3, 0.4) is 0 Å². The van der Waals surface area contributed by atoms with Crippen molar-refractivity contribution in [1.82, 2.24) is 4.90 Å². The zero-order valence-corrected chi connectivity index (χ0v) is 11.4. The summed E-state index contributed by atoms with van der Waals surface area (Å²) in [6.45, 7) is 0.650. The van der Waals surface area contributed by atoms with Gasteiger partial charge in [0.1, 0.15) is 6.54 Å². The maximum Gasteiger partial charge on any atom is 0.406 e. The number of benzene rings is 1. The molecule has 3 nitrogen and oxygen atoms in total. The number of carbonyl (C=O) groups excluding carboxylic acids is 1. The van der Waals surface area contributed by atoms with Crippen LogP contribution in [-0.4, -0.2) is 36.6 Å². The Balaban J connectivity index is 2.55. The summed E-state index contributed by atoms with van der Waals surface area (Å²) in [5.74, 6) is -0.520. The van der Waals surface area contributed by atoms with Crippen LogP contribution < -0.4 is 5.73 Å². The molecule has 0 atom stereocenters. The Bertz CT molecular complexity index is 429. The van der Waals surface area contributed by atoms with Crippen LogP contribution in [-0.2, 0) is 11.2 Å². The predicted molar refractivity (Wildman–Crippen MR) is 71.2 cm³/mol. The second-order valence-electron chi connectivity index (χ2n) is 4.70. The molecule has 2 N–H and O–H groups in total. The van der Waals surface area contributed by atoms with Crippen LogP contribution in [0.25, 0.3) is 0 Å². The highest BCUT2D eigenvalue weighted by Crippen LogP contribution is 2.17. The number of rotatable bonds is 6. The van der Waals surface area contributed by atoms with Gasteiger partial charge in [0, 0.05) is 19.5 Å². The summed E-state index contributed by atoms with van der Waals surface area (Å²) in [6, 6.07) is 7.57. The van der Waals surface area contributed by atoms with E-state index in [9.17, 15) is 18.0 Å². The molecule has 0 unspecified atom stereocenters. The summed E-state index contributed by atoms with van der Waals surface area (Å²) >= 11 is 0. The van der Waals surface area contributed by atoms with Crippen LogP contribution in [0.5, 0.6) is 0 Å². The first-order valence-electron chi connectivity index (χ1n) is 6.42. The second-order valence-corrected chi connectivity index (χ2v) is 4.70. The number of aryl methyl sites for hydroxylation is 2. The molecule has 0 bridgehead atoms. The lowest BCUT2D eigenvalue weighted by Gasteiger charge is -2.23. The van der Waals surface area contributed by atoms with Gasteiger partial charge in [-0.3, -0.25) is 4.79 Å². The fraction of sp³-hybridized carbons (Fsp3) is 0.500. The number of alkyl halides is 3. The number of carbonyl (C=O) groups is 1. The zero-order chi connectivity index (χ0) is 15.2. The first kappa shape index (κ1) is 16.5. The van der Waals surface area contributed by atoms with Crippen LogP contribution >= 0.6 is 0 Å². The Kier molecular flexibility index (Phi) is 6.01. The van der Waals surface area contributed by atoms with E-state index in [0.717, 1.165) is 16.0 Å². The quantitative estimate of drug-likeness (QED) is 0.873. The maximum atomic E-state index is 12.4. The van der Waals surface area contributed by atoms with E-state index in [1.54, 1.807) is 0 Å². The Morgan fingerprint density at radius 2 is 1.85 bits per heavy atom. The van der Waals surface area contributed by atoms with Gasteiger partial charge in [-0.2, -0.15) is 13.2 Å². The number of hydrogen-bond donors (Lipinski definition) is 1. The number of amides is 1. The van der Waals surface area contributed by atoms with Gasteiger partial charge in [0.15, 0.2) is 0 Å². The van der Waals surface area contributed by atoms with Crippen molar-refractivity contribution in [2.24, 2.45) is 5.73 Å². The molecule has 0 heterocycles. The van der Waals surface area contributed by atoms with Gasteiger partial charge in [-0.1, -0.05) is 29.8 Å². The molecule has 112 valence electrons. The fourth-order valence-electron chi connectivity index (χ4n) is 1.83. The van der Waals surface area contributed by atoms with E-state index in [1.807, 2.05) is 31.2 Å².